The number of aromatic hydroxyl groups is 1. The molecule has 0 amide bonds. The number of benzene rings is 2. The van der Waals surface area contributed by atoms with Gasteiger partial charge in [-0.25, -0.2) is 0 Å². The van der Waals surface area contributed by atoms with Crippen LogP contribution < -0.4 is 0 Å². The van der Waals surface area contributed by atoms with Crippen molar-refractivity contribution in [2.45, 2.75) is 33.1 Å². The van der Waals surface area contributed by atoms with E-state index in [0.29, 0.717) is 11.7 Å². The Balaban J connectivity index is 0.000000199. The lowest BCUT2D eigenvalue weighted by Crippen LogP contribution is -1.93. The minimum atomic E-state index is 0.322. The van der Waals surface area contributed by atoms with E-state index >= 15 is 0 Å². The molecule has 2 aromatic rings. The molecule has 0 saturated heterocycles. The SMILES string of the molecule is CCC(C)c1ccccc1C.Oc1ccccc1. The summed E-state index contributed by atoms with van der Waals surface area (Å²) in [6.45, 7) is 6.70. The van der Waals surface area contributed by atoms with E-state index in [1.54, 1.807) is 24.3 Å². The minimum Gasteiger partial charge on any atom is -0.508 e. The lowest BCUT2D eigenvalue weighted by atomic mass is 9.95. The van der Waals surface area contributed by atoms with Gasteiger partial charge in [0.2, 0.25) is 0 Å². The fourth-order valence-corrected chi connectivity index (χ4v) is 1.79. The monoisotopic (exact) mass is 242 g/mol. The highest BCUT2D eigenvalue weighted by atomic mass is 16.3. The molecular weight excluding hydrogens is 220 g/mol. The maximum absolute atomic E-state index is 8.63. The molecule has 0 heterocycles. The van der Waals surface area contributed by atoms with Gasteiger partial charge in [-0.15, -0.1) is 0 Å². The lowest BCUT2D eigenvalue weighted by molar-refractivity contribution is 0.475. The van der Waals surface area contributed by atoms with Crippen molar-refractivity contribution >= 4 is 0 Å². The van der Waals surface area contributed by atoms with Crippen molar-refractivity contribution in [1.82, 2.24) is 0 Å². The molecule has 1 N–H and O–H groups in total. The van der Waals surface area contributed by atoms with Crippen molar-refractivity contribution in [1.29, 1.82) is 0 Å². The van der Waals surface area contributed by atoms with E-state index < -0.39 is 0 Å². The number of rotatable bonds is 2. The highest BCUT2D eigenvalue weighted by Crippen LogP contribution is 2.21. The van der Waals surface area contributed by atoms with Crippen LogP contribution in [0.25, 0.3) is 0 Å². The number of phenols is 1. The van der Waals surface area contributed by atoms with Crippen LogP contribution in [0.4, 0.5) is 0 Å². The van der Waals surface area contributed by atoms with Crippen LogP contribution in [-0.2, 0) is 0 Å². The maximum atomic E-state index is 8.63. The predicted molar refractivity (Wildman–Crippen MR) is 78.0 cm³/mol. The van der Waals surface area contributed by atoms with Gasteiger partial charge in [-0.05, 0) is 42.5 Å². The van der Waals surface area contributed by atoms with Crippen LogP contribution in [0.15, 0.2) is 54.6 Å². The third-order valence-corrected chi connectivity index (χ3v) is 3.09. The molecule has 2 aromatic carbocycles. The number of hydrogen-bond acceptors (Lipinski definition) is 1. The largest absolute Gasteiger partial charge is 0.508 e. The molecule has 0 aliphatic rings. The molecule has 1 heteroatoms. The Hall–Kier alpha value is -1.76. The van der Waals surface area contributed by atoms with Crippen LogP contribution in [0.2, 0.25) is 0 Å². The molecule has 0 saturated carbocycles. The van der Waals surface area contributed by atoms with Crippen LogP contribution in [0.5, 0.6) is 5.75 Å². The third kappa shape index (κ3) is 4.62. The van der Waals surface area contributed by atoms with E-state index in [9.17, 15) is 0 Å². The fourth-order valence-electron chi connectivity index (χ4n) is 1.79. The number of hydrogen-bond donors (Lipinski definition) is 1. The molecule has 18 heavy (non-hydrogen) atoms. The molecule has 0 radical (unpaired) electrons. The molecule has 0 aromatic heterocycles. The average molecular weight is 242 g/mol. The molecule has 1 atom stereocenters. The molecule has 0 spiro atoms. The quantitative estimate of drug-likeness (QED) is 0.794. The van der Waals surface area contributed by atoms with Gasteiger partial charge in [-0.1, -0.05) is 56.3 Å². The van der Waals surface area contributed by atoms with Crippen LogP contribution in [-0.4, -0.2) is 5.11 Å². The van der Waals surface area contributed by atoms with Crippen LogP contribution in [0.1, 0.15) is 37.3 Å². The Morgan fingerprint density at radius 2 is 1.50 bits per heavy atom. The smallest absolute Gasteiger partial charge is 0.115 e. The van der Waals surface area contributed by atoms with E-state index in [1.807, 2.05) is 6.07 Å². The first kappa shape index (κ1) is 14.3. The Bertz CT molecular complexity index is 448. The first-order valence-corrected chi connectivity index (χ1v) is 6.44. The Kier molecular flexibility index (Phi) is 5.99. The van der Waals surface area contributed by atoms with Crippen LogP contribution in [0, 0.1) is 6.92 Å². The first-order chi connectivity index (χ1) is 8.65. The maximum Gasteiger partial charge on any atom is 0.115 e. The van der Waals surface area contributed by atoms with E-state index in [1.165, 1.54) is 17.5 Å². The standard InChI is InChI=1S/C11H16.C6H6O/c1-4-9(2)11-8-6-5-7-10(11)3;7-6-4-2-1-3-5-6/h5-9H,4H2,1-3H3;1-5,7H. The van der Waals surface area contributed by atoms with Gasteiger partial charge in [0.25, 0.3) is 0 Å². The summed E-state index contributed by atoms with van der Waals surface area (Å²) in [5, 5.41) is 8.63. The predicted octanol–water partition coefficient (Wildman–Crippen LogP) is 4.90. The van der Waals surface area contributed by atoms with Crippen molar-refractivity contribution in [3.8, 4) is 5.75 Å². The second-order valence-electron chi connectivity index (χ2n) is 4.50. The molecule has 2 rings (SSSR count). The highest BCUT2D eigenvalue weighted by molar-refractivity contribution is 5.28. The van der Waals surface area contributed by atoms with E-state index in [-0.39, 0.29) is 0 Å². The van der Waals surface area contributed by atoms with Crippen molar-refractivity contribution in [3.63, 3.8) is 0 Å². The van der Waals surface area contributed by atoms with Gasteiger partial charge >= 0.3 is 0 Å². The van der Waals surface area contributed by atoms with E-state index in [0.717, 1.165) is 0 Å². The van der Waals surface area contributed by atoms with Gasteiger partial charge in [0, 0.05) is 0 Å². The summed E-state index contributed by atoms with van der Waals surface area (Å²) in [7, 11) is 0. The number of para-hydroxylation sites is 1. The summed E-state index contributed by atoms with van der Waals surface area (Å²) in [5.41, 5.74) is 2.91. The summed E-state index contributed by atoms with van der Waals surface area (Å²) in [6, 6.07) is 17.3. The van der Waals surface area contributed by atoms with Gasteiger partial charge < -0.3 is 5.11 Å². The summed E-state index contributed by atoms with van der Waals surface area (Å²) in [6.07, 6.45) is 1.23. The molecular formula is C17H22O. The number of aryl methyl sites for hydroxylation is 1. The summed E-state index contributed by atoms with van der Waals surface area (Å²) < 4.78 is 0. The molecule has 96 valence electrons. The van der Waals surface area contributed by atoms with Crippen molar-refractivity contribution in [3.05, 3.63) is 65.7 Å². The second-order valence-corrected chi connectivity index (χ2v) is 4.50. The Morgan fingerprint density at radius 1 is 0.944 bits per heavy atom. The minimum absolute atomic E-state index is 0.322. The third-order valence-electron chi connectivity index (χ3n) is 3.09. The molecule has 0 bridgehead atoms. The topological polar surface area (TPSA) is 20.2 Å². The normalized spacial score (nSPS) is 11.3. The van der Waals surface area contributed by atoms with Crippen LogP contribution >= 0.6 is 0 Å². The Morgan fingerprint density at radius 3 is 1.94 bits per heavy atom. The van der Waals surface area contributed by atoms with Crippen molar-refractivity contribution in [2.24, 2.45) is 0 Å². The van der Waals surface area contributed by atoms with Gasteiger partial charge in [0.15, 0.2) is 0 Å². The lowest BCUT2D eigenvalue weighted by Gasteiger charge is -2.11. The molecule has 0 aliphatic carbocycles. The molecule has 1 nitrogen and oxygen atoms in total. The number of phenolic OH excluding ortho intramolecular Hbond substituents is 1. The second kappa shape index (κ2) is 7.54. The van der Waals surface area contributed by atoms with Crippen LogP contribution in [0.3, 0.4) is 0 Å². The zero-order valence-corrected chi connectivity index (χ0v) is 11.4. The zero-order chi connectivity index (χ0) is 13.4. The van der Waals surface area contributed by atoms with E-state index in [4.69, 9.17) is 5.11 Å². The Labute approximate surface area is 110 Å². The van der Waals surface area contributed by atoms with Crippen molar-refractivity contribution < 1.29 is 5.11 Å². The zero-order valence-electron chi connectivity index (χ0n) is 11.4. The molecule has 1 unspecified atom stereocenters. The van der Waals surface area contributed by atoms with Gasteiger partial charge in [-0.2, -0.15) is 0 Å². The van der Waals surface area contributed by atoms with Crippen molar-refractivity contribution in [2.75, 3.05) is 0 Å². The summed E-state index contributed by atoms with van der Waals surface area (Å²) in [4.78, 5) is 0. The molecule has 0 aliphatic heterocycles. The summed E-state index contributed by atoms with van der Waals surface area (Å²) >= 11 is 0. The summed E-state index contributed by atoms with van der Waals surface area (Å²) in [5.74, 6) is 1.03. The average Bonchev–Trinajstić information content (AvgIpc) is 2.40. The van der Waals surface area contributed by atoms with Gasteiger partial charge in [-0.3, -0.25) is 0 Å². The molecule has 0 fully saturated rings. The van der Waals surface area contributed by atoms with E-state index in [2.05, 4.69) is 45.0 Å². The van der Waals surface area contributed by atoms with Gasteiger partial charge in [0.05, 0.1) is 0 Å². The van der Waals surface area contributed by atoms with Gasteiger partial charge in [0.1, 0.15) is 5.75 Å². The highest BCUT2D eigenvalue weighted by Gasteiger charge is 2.03. The first-order valence-electron chi connectivity index (χ1n) is 6.44. The fraction of sp³-hybridized carbons (Fsp3) is 0.294.